The molecule has 0 N–H and O–H groups in total. The molecule has 0 unspecified atom stereocenters. The van der Waals surface area contributed by atoms with Crippen molar-refractivity contribution in [1.82, 2.24) is 4.90 Å². The van der Waals surface area contributed by atoms with Gasteiger partial charge in [0, 0.05) is 11.0 Å². The Kier molecular flexibility index (Phi) is 7.39. The highest BCUT2D eigenvalue weighted by molar-refractivity contribution is 9.10. The summed E-state index contributed by atoms with van der Waals surface area (Å²) in [5.41, 5.74) is 1.81. The van der Waals surface area contributed by atoms with Crippen LogP contribution in [0.2, 0.25) is 0 Å². The molecule has 2 aromatic rings. The second-order valence-corrected chi connectivity index (χ2v) is 8.21. The molecule has 152 valence electrons. The third-order valence-corrected chi connectivity index (χ3v) is 5.80. The molecular weight excluding hydrogens is 454 g/mol. The van der Waals surface area contributed by atoms with Crippen molar-refractivity contribution in [2.45, 2.75) is 26.9 Å². The van der Waals surface area contributed by atoms with Gasteiger partial charge < -0.3 is 9.47 Å². The number of imide groups is 1. The summed E-state index contributed by atoms with van der Waals surface area (Å²) in [4.78, 5) is 26.3. The second kappa shape index (κ2) is 9.98. The van der Waals surface area contributed by atoms with Crippen LogP contribution in [0.4, 0.5) is 4.79 Å². The molecule has 29 heavy (non-hydrogen) atoms. The lowest BCUT2D eigenvalue weighted by atomic mass is 10.1. The van der Waals surface area contributed by atoms with Gasteiger partial charge in [-0.05, 0) is 54.4 Å². The Bertz CT molecular complexity index is 930. The molecule has 1 fully saturated rings. The first kappa shape index (κ1) is 21.5. The van der Waals surface area contributed by atoms with Crippen molar-refractivity contribution in [2.75, 3.05) is 13.2 Å². The van der Waals surface area contributed by atoms with Gasteiger partial charge in [-0.25, -0.2) is 0 Å². The summed E-state index contributed by atoms with van der Waals surface area (Å²) in [6, 6.07) is 13.5. The summed E-state index contributed by atoms with van der Waals surface area (Å²) in [5, 5.41) is -0.230. The van der Waals surface area contributed by atoms with E-state index in [1.807, 2.05) is 56.3 Å². The van der Waals surface area contributed by atoms with Gasteiger partial charge in [0.05, 0.1) is 11.5 Å². The minimum Gasteiger partial charge on any atom is -0.490 e. The largest absolute Gasteiger partial charge is 0.490 e. The number of amides is 2. The van der Waals surface area contributed by atoms with Gasteiger partial charge in [0.2, 0.25) is 0 Å². The number of carbonyl (C=O) groups excluding carboxylic acids is 2. The zero-order valence-corrected chi connectivity index (χ0v) is 18.7. The van der Waals surface area contributed by atoms with Crippen LogP contribution in [-0.2, 0) is 11.4 Å². The quantitative estimate of drug-likeness (QED) is 0.446. The molecule has 0 aromatic heterocycles. The van der Waals surface area contributed by atoms with Crippen molar-refractivity contribution >= 4 is 44.9 Å². The van der Waals surface area contributed by atoms with Gasteiger partial charge in [0.25, 0.3) is 11.1 Å². The Labute approximate surface area is 183 Å². The lowest BCUT2D eigenvalue weighted by molar-refractivity contribution is -0.122. The van der Waals surface area contributed by atoms with E-state index in [1.54, 1.807) is 6.08 Å². The second-order valence-electron chi connectivity index (χ2n) is 6.36. The highest BCUT2D eigenvalue weighted by Crippen LogP contribution is 2.38. The van der Waals surface area contributed by atoms with Crippen LogP contribution in [0.5, 0.6) is 11.5 Å². The van der Waals surface area contributed by atoms with E-state index in [4.69, 9.17) is 9.47 Å². The Morgan fingerprint density at radius 1 is 1.07 bits per heavy atom. The number of carbonyl (C=O) groups is 2. The summed E-state index contributed by atoms with van der Waals surface area (Å²) < 4.78 is 12.5. The summed E-state index contributed by atoms with van der Waals surface area (Å²) in [6.45, 7) is 5.17. The lowest BCUT2D eigenvalue weighted by Crippen LogP contribution is -2.28. The third-order valence-electron chi connectivity index (χ3n) is 4.21. The molecule has 1 heterocycles. The maximum Gasteiger partial charge on any atom is 0.293 e. The van der Waals surface area contributed by atoms with Gasteiger partial charge >= 0.3 is 0 Å². The van der Waals surface area contributed by atoms with Crippen molar-refractivity contribution in [1.29, 1.82) is 0 Å². The molecule has 1 aliphatic rings. The summed E-state index contributed by atoms with van der Waals surface area (Å²) >= 11 is 4.51. The molecule has 0 radical (unpaired) electrons. The fourth-order valence-electron chi connectivity index (χ4n) is 2.84. The average molecular weight is 476 g/mol. The maximum atomic E-state index is 12.5. The van der Waals surface area contributed by atoms with Crippen molar-refractivity contribution in [3.63, 3.8) is 0 Å². The van der Waals surface area contributed by atoms with Crippen LogP contribution < -0.4 is 9.47 Å². The van der Waals surface area contributed by atoms with Gasteiger partial charge in [-0.3, -0.25) is 14.5 Å². The molecule has 1 aliphatic heterocycles. The molecule has 0 bridgehead atoms. The topological polar surface area (TPSA) is 55.8 Å². The summed E-state index contributed by atoms with van der Waals surface area (Å²) in [6.07, 6.45) is 2.45. The van der Waals surface area contributed by atoms with E-state index >= 15 is 0 Å². The number of rotatable bonds is 8. The molecule has 7 heteroatoms. The van der Waals surface area contributed by atoms with Crippen LogP contribution in [0.3, 0.4) is 0 Å². The van der Waals surface area contributed by atoms with Crippen molar-refractivity contribution < 1.29 is 19.1 Å². The number of nitrogens with zero attached hydrogens (tertiary/aromatic N) is 1. The molecule has 0 spiro atoms. The zero-order valence-electron chi connectivity index (χ0n) is 16.3. The lowest BCUT2D eigenvalue weighted by Gasteiger charge is -2.14. The van der Waals surface area contributed by atoms with Crippen LogP contribution in [-0.4, -0.2) is 29.2 Å². The number of benzene rings is 2. The van der Waals surface area contributed by atoms with Crippen LogP contribution in [0.1, 0.15) is 31.4 Å². The number of hydrogen-bond donors (Lipinski definition) is 0. The molecule has 2 amide bonds. The van der Waals surface area contributed by atoms with E-state index < -0.39 is 0 Å². The Morgan fingerprint density at radius 2 is 1.79 bits per heavy atom. The van der Waals surface area contributed by atoms with Gasteiger partial charge in [0.1, 0.15) is 6.61 Å². The van der Waals surface area contributed by atoms with Gasteiger partial charge in [-0.1, -0.05) is 53.2 Å². The molecule has 5 nitrogen and oxygen atoms in total. The van der Waals surface area contributed by atoms with E-state index in [0.29, 0.717) is 36.2 Å². The fourth-order valence-corrected chi connectivity index (χ4v) is 4.13. The predicted octanol–water partition coefficient (Wildman–Crippen LogP) is 5.87. The van der Waals surface area contributed by atoms with Gasteiger partial charge in [0.15, 0.2) is 11.5 Å². The maximum absolute atomic E-state index is 12.5. The average Bonchev–Trinajstić information content (AvgIpc) is 2.98. The molecule has 2 aromatic carbocycles. The van der Waals surface area contributed by atoms with Crippen molar-refractivity contribution in [3.8, 4) is 11.5 Å². The molecule has 0 aliphatic carbocycles. The minimum atomic E-state index is -0.254. The number of halogens is 1. The van der Waals surface area contributed by atoms with Crippen molar-refractivity contribution in [3.05, 3.63) is 63.0 Å². The zero-order chi connectivity index (χ0) is 20.8. The van der Waals surface area contributed by atoms with E-state index in [2.05, 4.69) is 15.9 Å². The highest BCUT2D eigenvalue weighted by Gasteiger charge is 2.34. The standard InChI is InChI=1S/C22H22BrNO4S/c1-3-10-24-21(25)20(29-22(24)26)12-16-11-18(27-4-2)19(13-17(16)23)28-14-15-8-6-5-7-9-15/h5-9,11-13H,3-4,10,14H2,1-2H3/b20-12+. The predicted molar refractivity (Wildman–Crippen MR) is 119 cm³/mol. The molecule has 1 saturated heterocycles. The number of ether oxygens (including phenoxy) is 2. The Hall–Kier alpha value is -2.25. The summed E-state index contributed by atoms with van der Waals surface area (Å²) in [5.74, 6) is 0.945. The smallest absolute Gasteiger partial charge is 0.293 e. The normalized spacial score (nSPS) is 15.3. The van der Waals surface area contributed by atoms with E-state index in [-0.39, 0.29) is 11.1 Å². The first-order valence-corrected chi connectivity index (χ1v) is 11.0. The number of thioether (sulfide) groups is 1. The monoisotopic (exact) mass is 475 g/mol. The SMILES string of the molecule is CCCN1C(=O)S/C(=C/c2cc(OCC)c(OCc3ccccc3)cc2Br)C1=O. The van der Waals surface area contributed by atoms with Crippen LogP contribution in [0, 0.1) is 0 Å². The van der Waals surface area contributed by atoms with E-state index in [0.717, 1.165) is 33.8 Å². The molecule has 0 saturated carbocycles. The van der Waals surface area contributed by atoms with Crippen molar-refractivity contribution in [2.24, 2.45) is 0 Å². The van der Waals surface area contributed by atoms with Crippen LogP contribution in [0.15, 0.2) is 51.8 Å². The fraction of sp³-hybridized carbons (Fsp3) is 0.273. The van der Waals surface area contributed by atoms with Gasteiger partial charge in [-0.2, -0.15) is 0 Å². The van der Waals surface area contributed by atoms with E-state index in [1.165, 1.54) is 4.90 Å². The van der Waals surface area contributed by atoms with E-state index in [9.17, 15) is 9.59 Å². The molecular formula is C22H22BrNO4S. The van der Waals surface area contributed by atoms with Gasteiger partial charge in [-0.15, -0.1) is 0 Å². The molecule has 0 atom stereocenters. The van der Waals surface area contributed by atoms with Crippen LogP contribution in [0.25, 0.3) is 6.08 Å². The molecule has 3 rings (SSSR count). The first-order chi connectivity index (χ1) is 14.0. The Balaban J connectivity index is 1.86. The highest BCUT2D eigenvalue weighted by atomic mass is 79.9. The van der Waals surface area contributed by atoms with Crippen LogP contribution >= 0.6 is 27.7 Å². The number of hydrogen-bond acceptors (Lipinski definition) is 5. The Morgan fingerprint density at radius 3 is 2.48 bits per heavy atom. The first-order valence-electron chi connectivity index (χ1n) is 9.42. The summed E-state index contributed by atoms with van der Waals surface area (Å²) in [7, 11) is 0. The minimum absolute atomic E-state index is 0.230. The third kappa shape index (κ3) is 5.22.